The molecule has 9 aromatic carbocycles. The standard InChI is InChI=1S/C61H46N2O/c1-43-40-54(34-37-57(43)50-20-12-5-13-21-50)63(53-32-26-49(27-33-53)46-18-10-4-11-19-46)56-36-39-61-59(42-56)58-41-55(35-38-60(58)64-61)62(51-28-22-47(23-29-51)44-14-6-2-7-15-44)52-30-24-48(25-31-52)45-16-8-3-9-17-45/h2-39,41-43H,40H2,1H3. The normalized spacial score (nSPS) is 13.7. The van der Waals surface area contributed by atoms with Gasteiger partial charge in [-0.1, -0.05) is 171 Å². The number of hydrogen-bond donors (Lipinski definition) is 0. The molecule has 0 saturated heterocycles. The van der Waals surface area contributed by atoms with Gasteiger partial charge in [-0.2, -0.15) is 0 Å². The Morgan fingerprint density at radius 1 is 0.344 bits per heavy atom. The van der Waals surface area contributed by atoms with E-state index < -0.39 is 0 Å². The number of nitrogens with zero attached hydrogens (tertiary/aromatic N) is 2. The summed E-state index contributed by atoms with van der Waals surface area (Å²) in [5.41, 5.74) is 18.2. The van der Waals surface area contributed by atoms with Gasteiger partial charge in [0.05, 0.1) is 0 Å². The van der Waals surface area contributed by atoms with Crippen LogP contribution in [0.2, 0.25) is 0 Å². The molecule has 3 nitrogen and oxygen atoms in total. The highest BCUT2D eigenvalue weighted by Gasteiger charge is 2.24. The van der Waals surface area contributed by atoms with Crippen LogP contribution in [0, 0.1) is 5.92 Å². The Morgan fingerprint density at radius 3 is 1.09 bits per heavy atom. The molecule has 1 atom stereocenters. The average Bonchev–Trinajstić information content (AvgIpc) is 3.73. The summed E-state index contributed by atoms with van der Waals surface area (Å²) in [4.78, 5) is 4.78. The van der Waals surface area contributed by atoms with Crippen LogP contribution < -0.4 is 9.80 Å². The van der Waals surface area contributed by atoms with Gasteiger partial charge in [0.1, 0.15) is 11.2 Å². The second-order valence-electron chi connectivity index (χ2n) is 16.6. The van der Waals surface area contributed by atoms with Crippen LogP contribution in [0.25, 0.3) is 60.9 Å². The summed E-state index contributed by atoms with van der Waals surface area (Å²) in [5.74, 6) is 0.337. The van der Waals surface area contributed by atoms with E-state index in [9.17, 15) is 0 Å². The van der Waals surface area contributed by atoms with E-state index in [1.807, 2.05) is 0 Å². The number of furan rings is 1. The van der Waals surface area contributed by atoms with Crippen molar-refractivity contribution in [2.45, 2.75) is 13.3 Å². The summed E-state index contributed by atoms with van der Waals surface area (Å²) in [6.45, 7) is 2.34. The maximum Gasteiger partial charge on any atom is 0.135 e. The summed E-state index contributed by atoms with van der Waals surface area (Å²) in [6.07, 6.45) is 5.53. The molecule has 0 spiro atoms. The first-order chi connectivity index (χ1) is 31.6. The smallest absolute Gasteiger partial charge is 0.135 e. The zero-order valence-corrected chi connectivity index (χ0v) is 35.7. The van der Waals surface area contributed by atoms with E-state index in [1.165, 1.54) is 50.2 Å². The molecular weight excluding hydrogens is 777 g/mol. The molecule has 11 rings (SSSR count). The van der Waals surface area contributed by atoms with E-state index in [0.717, 1.165) is 56.8 Å². The Kier molecular flexibility index (Phi) is 10.3. The lowest BCUT2D eigenvalue weighted by Crippen LogP contribution is -2.20. The Morgan fingerprint density at radius 2 is 0.688 bits per heavy atom. The second-order valence-corrected chi connectivity index (χ2v) is 16.6. The maximum absolute atomic E-state index is 6.60. The van der Waals surface area contributed by atoms with Crippen molar-refractivity contribution in [2.24, 2.45) is 5.92 Å². The van der Waals surface area contributed by atoms with Crippen LogP contribution in [0.5, 0.6) is 0 Å². The van der Waals surface area contributed by atoms with Gasteiger partial charge in [0.2, 0.25) is 0 Å². The van der Waals surface area contributed by atoms with E-state index in [1.54, 1.807) is 0 Å². The van der Waals surface area contributed by atoms with Crippen LogP contribution in [-0.2, 0) is 0 Å². The fourth-order valence-corrected chi connectivity index (χ4v) is 9.28. The first kappa shape index (κ1) is 38.8. The molecule has 0 fully saturated rings. The molecule has 306 valence electrons. The van der Waals surface area contributed by atoms with E-state index in [2.05, 4.69) is 259 Å². The topological polar surface area (TPSA) is 19.6 Å². The predicted molar refractivity (Wildman–Crippen MR) is 270 cm³/mol. The molecule has 0 radical (unpaired) electrons. The molecule has 10 aromatic rings. The van der Waals surface area contributed by atoms with Crippen LogP contribution in [0.15, 0.2) is 253 Å². The number of hydrogen-bond acceptors (Lipinski definition) is 3. The van der Waals surface area contributed by atoms with Gasteiger partial charge in [-0.3, -0.25) is 0 Å². The van der Waals surface area contributed by atoms with Gasteiger partial charge in [-0.25, -0.2) is 0 Å². The SMILES string of the molecule is CC1CC(N(c2ccc(-c3ccccc3)cc2)c2ccc3oc4ccc(N(c5ccc(-c6ccccc6)cc5)c5ccc(-c6ccccc6)cc5)cc4c3c2)=CC=C1c1ccccc1. The molecule has 1 heterocycles. The number of fused-ring (bicyclic) bond motifs is 3. The zero-order valence-electron chi connectivity index (χ0n) is 35.7. The molecule has 0 bridgehead atoms. The van der Waals surface area contributed by atoms with Crippen molar-refractivity contribution in [2.75, 3.05) is 9.80 Å². The third-order valence-corrected chi connectivity index (χ3v) is 12.5. The molecule has 0 aliphatic heterocycles. The highest BCUT2D eigenvalue weighted by Crippen LogP contribution is 2.44. The zero-order chi connectivity index (χ0) is 42.8. The molecule has 0 saturated carbocycles. The minimum Gasteiger partial charge on any atom is -0.456 e. The fourth-order valence-electron chi connectivity index (χ4n) is 9.28. The van der Waals surface area contributed by atoms with Crippen LogP contribution >= 0.6 is 0 Å². The van der Waals surface area contributed by atoms with Crippen LogP contribution in [0.3, 0.4) is 0 Å². The molecule has 0 amide bonds. The lowest BCUT2D eigenvalue weighted by atomic mass is 9.86. The van der Waals surface area contributed by atoms with Crippen molar-refractivity contribution in [3.63, 3.8) is 0 Å². The van der Waals surface area contributed by atoms with E-state index in [-0.39, 0.29) is 0 Å². The highest BCUT2D eigenvalue weighted by atomic mass is 16.3. The van der Waals surface area contributed by atoms with E-state index in [4.69, 9.17) is 4.42 Å². The Hall–Kier alpha value is -8.14. The predicted octanol–water partition coefficient (Wildman–Crippen LogP) is 17.2. The lowest BCUT2D eigenvalue weighted by molar-refractivity contribution is 0.669. The quantitative estimate of drug-likeness (QED) is 0.137. The lowest BCUT2D eigenvalue weighted by Gasteiger charge is -2.32. The van der Waals surface area contributed by atoms with Crippen molar-refractivity contribution >= 4 is 55.9 Å². The van der Waals surface area contributed by atoms with Crippen molar-refractivity contribution in [3.8, 4) is 33.4 Å². The van der Waals surface area contributed by atoms with Gasteiger partial charge < -0.3 is 14.2 Å². The summed E-state index contributed by atoms with van der Waals surface area (Å²) < 4.78 is 6.60. The van der Waals surface area contributed by atoms with Gasteiger partial charge in [-0.15, -0.1) is 0 Å². The Balaban J connectivity index is 1.02. The molecule has 1 unspecified atom stereocenters. The van der Waals surface area contributed by atoms with Gasteiger partial charge in [0.25, 0.3) is 0 Å². The molecule has 0 N–H and O–H groups in total. The molecule has 1 aliphatic carbocycles. The van der Waals surface area contributed by atoms with Gasteiger partial charge in [0.15, 0.2) is 0 Å². The molecule has 1 aliphatic rings. The molecular formula is C61H46N2O. The van der Waals surface area contributed by atoms with Gasteiger partial charge >= 0.3 is 0 Å². The highest BCUT2D eigenvalue weighted by molar-refractivity contribution is 6.08. The molecule has 3 heteroatoms. The summed E-state index contributed by atoms with van der Waals surface area (Å²) in [6, 6.07) is 82.4. The van der Waals surface area contributed by atoms with Crippen molar-refractivity contribution in [1.29, 1.82) is 0 Å². The Labute approximate surface area is 375 Å². The molecule has 1 aromatic heterocycles. The number of benzene rings is 9. The fraction of sp³-hybridized carbons (Fsp3) is 0.0492. The van der Waals surface area contributed by atoms with E-state index >= 15 is 0 Å². The third-order valence-electron chi connectivity index (χ3n) is 12.5. The van der Waals surface area contributed by atoms with E-state index in [0.29, 0.717) is 5.92 Å². The minimum absolute atomic E-state index is 0.337. The molecule has 64 heavy (non-hydrogen) atoms. The largest absolute Gasteiger partial charge is 0.456 e. The second kappa shape index (κ2) is 17.0. The van der Waals surface area contributed by atoms with Crippen LogP contribution in [0.4, 0.5) is 28.4 Å². The number of allylic oxidation sites excluding steroid dienone is 4. The monoisotopic (exact) mass is 822 g/mol. The number of rotatable bonds is 10. The minimum atomic E-state index is 0.337. The van der Waals surface area contributed by atoms with Crippen molar-refractivity contribution in [3.05, 3.63) is 254 Å². The van der Waals surface area contributed by atoms with Crippen LogP contribution in [-0.4, -0.2) is 0 Å². The summed E-state index contributed by atoms with van der Waals surface area (Å²) >= 11 is 0. The summed E-state index contributed by atoms with van der Waals surface area (Å²) in [7, 11) is 0. The third kappa shape index (κ3) is 7.58. The average molecular weight is 823 g/mol. The Bertz CT molecular complexity index is 3180. The van der Waals surface area contributed by atoms with Crippen molar-refractivity contribution in [1.82, 2.24) is 0 Å². The van der Waals surface area contributed by atoms with Gasteiger partial charge in [-0.05, 0) is 136 Å². The number of anilines is 5. The maximum atomic E-state index is 6.60. The van der Waals surface area contributed by atoms with Crippen molar-refractivity contribution < 1.29 is 4.42 Å². The first-order valence-electron chi connectivity index (χ1n) is 22.1. The van der Waals surface area contributed by atoms with Crippen LogP contribution in [0.1, 0.15) is 18.9 Å². The van der Waals surface area contributed by atoms with Gasteiger partial charge in [0, 0.05) is 44.9 Å². The summed E-state index contributed by atoms with van der Waals surface area (Å²) in [5, 5.41) is 2.14. The first-order valence-corrected chi connectivity index (χ1v) is 22.1.